The van der Waals surface area contributed by atoms with Crippen LogP contribution in [0.2, 0.25) is 0 Å². The minimum atomic E-state index is -4.80. The molecule has 6 heteroatoms. The van der Waals surface area contributed by atoms with Crippen molar-refractivity contribution >= 4 is 0 Å². The lowest BCUT2D eigenvalue weighted by molar-refractivity contribution is -0.275. The third kappa shape index (κ3) is 3.83. The Kier molecular flexibility index (Phi) is 4.29. The number of ether oxygens (including phenoxy) is 1. The molecule has 0 amide bonds. The van der Waals surface area contributed by atoms with Gasteiger partial charge >= 0.3 is 6.36 Å². The van der Waals surface area contributed by atoms with Crippen molar-refractivity contribution in [3.63, 3.8) is 0 Å². The summed E-state index contributed by atoms with van der Waals surface area (Å²) in [7, 11) is 0. The second-order valence-electron chi connectivity index (χ2n) is 4.57. The van der Waals surface area contributed by atoms with Gasteiger partial charge in [0.05, 0.1) is 0 Å². The van der Waals surface area contributed by atoms with Gasteiger partial charge in [0.2, 0.25) is 0 Å². The Labute approximate surface area is 108 Å². The molecule has 1 unspecified atom stereocenters. The molecule has 0 aliphatic carbocycles. The molecule has 19 heavy (non-hydrogen) atoms. The third-order valence-corrected chi connectivity index (χ3v) is 3.24. The van der Waals surface area contributed by atoms with Crippen LogP contribution in [0.1, 0.15) is 24.6 Å². The first-order valence-corrected chi connectivity index (χ1v) is 6.17. The predicted molar refractivity (Wildman–Crippen MR) is 62.6 cm³/mol. The smallest absolute Gasteiger partial charge is 0.405 e. The van der Waals surface area contributed by atoms with Gasteiger partial charge in [0.15, 0.2) is 0 Å². The molecule has 106 valence electrons. The van der Waals surface area contributed by atoms with Gasteiger partial charge in [-0.3, -0.25) is 0 Å². The second kappa shape index (κ2) is 5.77. The number of halogens is 4. The van der Waals surface area contributed by atoms with Crippen molar-refractivity contribution in [1.82, 2.24) is 5.32 Å². The molecule has 2 rings (SSSR count). The van der Waals surface area contributed by atoms with Crippen LogP contribution in [-0.4, -0.2) is 19.5 Å². The Hall–Kier alpha value is -1.30. The van der Waals surface area contributed by atoms with Crippen LogP contribution in [0.25, 0.3) is 0 Å². The van der Waals surface area contributed by atoms with E-state index in [1.165, 1.54) is 18.2 Å². The predicted octanol–water partition coefficient (Wildman–Crippen LogP) is 3.60. The maximum Gasteiger partial charge on any atom is 0.573 e. The molecule has 1 N–H and O–H groups in total. The third-order valence-electron chi connectivity index (χ3n) is 3.24. The fraction of sp³-hybridized carbons (Fsp3) is 0.538. The zero-order valence-electron chi connectivity index (χ0n) is 10.2. The molecule has 0 radical (unpaired) electrons. The minimum absolute atomic E-state index is 0.0216. The number of alkyl halides is 4. The first-order chi connectivity index (χ1) is 8.97. The van der Waals surface area contributed by atoms with E-state index in [-0.39, 0.29) is 11.5 Å². The van der Waals surface area contributed by atoms with E-state index in [0.717, 1.165) is 6.07 Å². The van der Waals surface area contributed by atoms with E-state index in [9.17, 15) is 17.6 Å². The number of piperidine rings is 1. The monoisotopic (exact) mass is 277 g/mol. The lowest BCUT2D eigenvalue weighted by Gasteiger charge is -2.27. The lowest BCUT2D eigenvalue weighted by Crippen LogP contribution is -2.30. The summed E-state index contributed by atoms with van der Waals surface area (Å²) < 4.78 is 55.1. The highest BCUT2D eigenvalue weighted by molar-refractivity contribution is 5.35. The van der Waals surface area contributed by atoms with Gasteiger partial charge in [0, 0.05) is 5.56 Å². The van der Waals surface area contributed by atoms with Crippen molar-refractivity contribution in [1.29, 1.82) is 0 Å². The van der Waals surface area contributed by atoms with Crippen LogP contribution in [0.15, 0.2) is 24.3 Å². The van der Waals surface area contributed by atoms with Gasteiger partial charge < -0.3 is 10.1 Å². The summed E-state index contributed by atoms with van der Waals surface area (Å²) in [5.41, 5.74) is -0.0216. The summed E-state index contributed by atoms with van der Waals surface area (Å²) in [6, 6.07) is 5.43. The van der Waals surface area contributed by atoms with Crippen molar-refractivity contribution < 1.29 is 22.3 Å². The molecule has 1 atom stereocenters. The number of hydrogen-bond acceptors (Lipinski definition) is 2. The fourth-order valence-corrected chi connectivity index (χ4v) is 2.32. The Balaban J connectivity index is 2.18. The van der Waals surface area contributed by atoms with Crippen LogP contribution in [-0.2, 0) is 0 Å². The second-order valence-corrected chi connectivity index (χ2v) is 4.57. The molecular formula is C13H15F4NO. The van der Waals surface area contributed by atoms with Crippen LogP contribution in [0.5, 0.6) is 5.75 Å². The Bertz CT molecular complexity index is 415. The van der Waals surface area contributed by atoms with Crippen molar-refractivity contribution in [3.05, 3.63) is 29.8 Å². The van der Waals surface area contributed by atoms with Gasteiger partial charge in [-0.05, 0) is 37.9 Å². The van der Waals surface area contributed by atoms with Crippen LogP contribution >= 0.6 is 0 Å². The number of benzene rings is 1. The highest BCUT2D eigenvalue weighted by atomic mass is 19.4. The molecular weight excluding hydrogens is 262 g/mol. The molecule has 1 aromatic rings. The normalized spacial score (nSPS) is 19.2. The van der Waals surface area contributed by atoms with E-state index in [1.54, 1.807) is 0 Å². The Morgan fingerprint density at radius 3 is 2.42 bits per heavy atom. The minimum Gasteiger partial charge on any atom is -0.405 e. The van der Waals surface area contributed by atoms with Gasteiger partial charge in [-0.15, -0.1) is 13.2 Å². The molecule has 1 saturated heterocycles. The van der Waals surface area contributed by atoms with E-state index in [1.807, 2.05) is 0 Å². The van der Waals surface area contributed by atoms with Crippen LogP contribution in [0.3, 0.4) is 0 Å². The van der Waals surface area contributed by atoms with E-state index in [0.29, 0.717) is 25.9 Å². The van der Waals surface area contributed by atoms with Crippen molar-refractivity contribution in [2.45, 2.75) is 25.4 Å². The summed E-state index contributed by atoms with van der Waals surface area (Å²) >= 11 is 0. The summed E-state index contributed by atoms with van der Waals surface area (Å²) in [6.45, 7) is 1.38. The molecule has 0 saturated carbocycles. The zero-order valence-corrected chi connectivity index (χ0v) is 10.2. The number of rotatable bonds is 3. The van der Waals surface area contributed by atoms with Crippen LogP contribution in [0, 0.1) is 5.92 Å². The molecule has 0 aromatic heterocycles. The molecule has 1 heterocycles. The SMILES string of the molecule is FC(c1ccccc1OC(F)(F)F)C1CCNCC1. The summed E-state index contributed by atoms with van der Waals surface area (Å²) in [5.74, 6) is -0.708. The molecule has 1 aliphatic heterocycles. The van der Waals surface area contributed by atoms with Gasteiger partial charge in [-0.25, -0.2) is 4.39 Å². The van der Waals surface area contributed by atoms with Crippen LogP contribution < -0.4 is 10.1 Å². The largest absolute Gasteiger partial charge is 0.573 e. The first kappa shape index (κ1) is 14.1. The Morgan fingerprint density at radius 2 is 1.79 bits per heavy atom. The highest BCUT2D eigenvalue weighted by Gasteiger charge is 2.34. The number of nitrogens with one attached hydrogen (secondary N) is 1. The van der Waals surface area contributed by atoms with Crippen LogP contribution in [0.4, 0.5) is 17.6 Å². The fourth-order valence-electron chi connectivity index (χ4n) is 2.32. The molecule has 1 aliphatic rings. The summed E-state index contributed by atoms with van der Waals surface area (Å²) in [5, 5.41) is 3.10. The standard InChI is InChI=1S/C13H15F4NO/c14-12(9-5-7-18-8-6-9)10-3-1-2-4-11(10)19-13(15,16)17/h1-4,9,12,18H,5-8H2. The topological polar surface area (TPSA) is 21.3 Å². The lowest BCUT2D eigenvalue weighted by atomic mass is 9.89. The van der Waals surface area contributed by atoms with E-state index >= 15 is 0 Å². The van der Waals surface area contributed by atoms with E-state index < -0.39 is 18.3 Å². The highest BCUT2D eigenvalue weighted by Crippen LogP contribution is 2.38. The molecule has 1 aromatic carbocycles. The van der Waals surface area contributed by atoms with Crippen molar-refractivity contribution in [2.75, 3.05) is 13.1 Å². The zero-order chi connectivity index (χ0) is 13.9. The maximum atomic E-state index is 14.4. The van der Waals surface area contributed by atoms with Gasteiger partial charge in [-0.2, -0.15) is 0 Å². The average molecular weight is 277 g/mol. The number of hydrogen-bond donors (Lipinski definition) is 1. The van der Waals surface area contributed by atoms with Crippen molar-refractivity contribution in [2.24, 2.45) is 5.92 Å². The van der Waals surface area contributed by atoms with Gasteiger partial charge in [0.1, 0.15) is 11.9 Å². The first-order valence-electron chi connectivity index (χ1n) is 6.17. The maximum absolute atomic E-state index is 14.4. The van der Waals surface area contributed by atoms with Gasteiger partial charge in [0.25, 0.3) is 0 Å². The van der Waals surface area contributed by atoms with E-state index in [4.69, 9.17) is 0 Å². The molecule has 0 spiro atoms. The molecule has 0 bridgehead atoms. The summed E-state index contributed by atoms with van der Waals surface area (Å²) in [4.78, 5) is 0. The van der Waals surface area contributed by atoms with Crippen molar-refractivity contribution in [3.8, 4) is 5.75 Å². The molecule has 1 fully saturated rings. The van der Waals surface area contributed by atoms with Gasteiger partial charge in [-0.1, -0.05) is 18.2 Å². The summed E-state index contributed by atoms with van der Waals surface area (Å²) in [6.07, 6.45) is -5.01. The number of para-hydroxylation sites is 1. The Morgan fingerprint density at radius 1 is 1.16 bits per heavy atom. The quantitative estimate of drug-likeness (QED) is 0.852. The van der Waals surface area contributed by atoms with E-state index in [2.05, 4.69) is 10.1 Å². The molecule has 2 nitrogen and oxygen atoms in total. The average Bonchev–Trinajstić information content (AvgIpc) is 2.38.